The van der Waals surface area contributed by atoms with Crippen molar-refractivity contribution in [2.24, 2.45) is 5.73 Å². The Bertz CT molecular complexity index is 1630. The van der Waals surface area contributed by atoms with E-state index >= 15 is 0 Å². The van der Waals surface area contributed by atoms with Gasteiger partial charge in [0.05, 0.1) is 19.5 Å². The molecule has 21 nitrogen and oxygen atoms in total. The number of nitrogens with zero attached hydrogens (tertiary/aromatic N) is 5. The molecule has 2 saturated heterocycles. The SMILES string of the molecule is NC(=O)c1ccc[n+]([C@@H]2O[C@H](COP(=O)(O)OP(=O)(O)OC[C@H]3O[C@@H](n4cnc5c(N)ncnc54)[C@@H](O)C3O)C(O)C2O)c1. The summed E-state index contributed by atoms with van der Waals surface area (Å²) in [6, 6.07) is 2.83. The average molecular weight is 664 g/mol. The van der Waals surface area contributed by atoms with Crippen molar-refractivity contribution in [1.29, 1.82) is 0 Å². The summed E-state index contributed by atoms with van der Waals surface area (Å²) in [5.41, 5.74) is 11.4. The van der Waals surface area contributed by atoms with E-state index < -0.39 is 83.8 Å². The van der Waals surface area contributed by atoms with Gasteiger partial charge in [0.2, 0.25) is 0 Å². The third-order valence-corrected chi connectivity index (χ3v) is 9.35. The Kier molecular flexibility index (Phi) is 9.13. The Morgan fingerprint density at radius 1 is 0.977 bits per heavy atom. The Morgan fingerprint density at radius 2 is 1.61 bits per heavy atom. The molecular formula is C21H28N7O14P2+. The molecule has 5 heterocycles. The molecule has 2 aliphatic heterocycles. The van der Waals surface area contributed by atoms with Crippen molar-refractivity contribution >= 4 is 38.5 Å². The predicted octanol–water partition coefficient (Wildman–Crippen LogP) is -3.02. The fourth-order valence-corrected chi connectivity index (χ4v) is 6.67. The number of aromatic nitrogens is 5. The standard InChI is InChI=1S/C21H27N7O14P2/c22-17-12-19(25-7-24-17)28(8-26-12)21-16(32)14(30)11(41-21)6-39-44(36,37)42-43(34,35)38-5-10-13(29)15(31)20(40-10)27-3-1-2-9(4-27)18(23)33/h1-4,7-8,10-11,13-16,20-21,29-32H,5-6H2,(H5-,22,23,24,25,33,34,35,36,37)/p+1/t10-,11-,13?,14?,15?,16+,20-,21-/m1/s1. The summed E-state index contributed by atoms with van der Waals surface area (Å²) in [7, 11) is -10.7. The van der Waals surface area contributed by atoms with E-state index in [2.05, 4.69) is 23.8 Å². The van der Waals surface area contributed by atoms with Crippen LogP contribution in [-0.4, -0.2) is 105 Å². The number of pyridine rings is 1. The summed E-state index contributed by atoms with van der Waals surface area (Å²) in [6.45, 7) is -1.80. The number of anilines is 1. The maximum Gasteiger partial charge on any atom is 0.481 e. The van der Waals surface area contributed by atoms with E-state index in [1.807, 2.05) is 0 Å². The highest BCUT2D eigenvalue weighted by molar-refractivity contribution is 7.61. The van der Waals surface area contributed by atoms with Gasteiger partial charge in [-0.2, -0.15) is 8.88 Å². The fourth-order valence-electron chi connectivity index (χ4n) is 4.58. The molecule has 0 aliphatic carbocycles. The van der Waals surface area contributed by atoms with Crippen molar-refractivity contribution in [1.82, 2.24) is 19.5 Å². The summed E-state index contributed by atoms with van der Waals surface area (Å²) in [6.07, 6.45) is -6.85. The summed E-state index contributed by atoms with van der Waals surface area (Å²) < 4.78 is 52.0. The zero-order valence-electron chi connectivity index (χ0n) is 22.2. The molecule has 0 aromatic carbocycles. The number of hydrogen-bond acceptors (Lipinski definition) is 16. The van der Waals surface area contributed by atoms with E-state index in [1.54, 1.807) is 0 Å². The Balaban J connectivity index is 1.16. The third-order valence-electron chi connectivity index (χ3n) is 6.75. The predicted molar refractivity (Wildman–Crippen MR) is 139 cm³/mol. The van der Waals surface area contributed by atoms with Crippen molar-refractivity contribution in [3.05, 3.63) is 42.7 Å². The summed E-state index contributed by atoms with van der Waals surface area (Å²) in [4.78, 5) is 43.3. The lowest BCUT2D eigenvalue weighted by Crippen LogP contribution is -2.46. The normalized spacial score (nSPS) is 31.6. The molecule has 240 valence electrons. The minimum Gasteiger partial charge on any atom is -0.387 e. The van der Waals surface area contributed by atoms with E-state index in [4.69, 9.17) is 25.5 Å². The number of nitrogen functional groups attached to an aromatic ring is 1. The first kappa shape index (κ1) is 32.4. The number of phosphoric acid groups is 2. The first-order chi connectivity index (χ1) is 20.7. The summed E-state index contributed by atoms with van der Waals surface area (Å²) in [5.74, 6) is -0.714. The van der Waals surface area contributed by atoms with Gasteiger partial charge in [-0.25, -0.2) is 24.1 Å². The highest BCUT2D eigenvalue weighted by Crippen LogP contribution is 2.60. The van der Waals surface area contributed by atoms with E-state index in [1.165, 1.54) is 40.0 Å². The number of hydrogen-bond donors (Lipinski definition) is 8. The molecule has 1 amide bonds. The van der Waals surface area contributed by atoms with Crippen molar-refractivity contribution in [2.45, 2.75) is 49.1 Å². The molecule has 0 radical (unpaired) electrons. The van der Waals surface area contributed by atoms with Gasteiger partial charge in [-0.1, -0.05) is 0 Å². The van der Waals surface area contributed by atoms with Gasteiger partial charge in [0.1, 0.15) is 47.9 Å². The Hall–Kier alpha value is -3.01. The number of primary amides is 1. The average Bonchev–Trinajstić information content (AvgIpc) is 3.61. The highest BCUT2D eigenvalue weighted by Gasteiger charge is 2.50. The molecule has 5 unspecified atom stereocenters. The minimum absolute atomic E-state index is 0.0505. The van der Waals surface area contributed by atoms with Gasteiger partial charge in [-0.3, -0.25) is 18.4 Å². The topological polar surface area (TPSA) is 318 Å². The maximum absolute atomic E-state index is 12.4. The number of aliphatic hydroxyl groups excluding tert-OH is 4. The molecule has 44 heavy (non-hydrogen) atoms. The van der Waals surface area contributed by atoms with Crippen LogP contribution in [0.5, 0.6) is 0 Å². The largest absolute Gasteiger partial charge is 0.481 e. The number of phosphoric ester groups is 2. The molecule has 23 heteroatoms. The molecule has 3 aromatic rings. The molecule has 10 N–H and O–H groups in total. The number of fused-ring (bicyclic) bond motifs is 1. The van der Waals surface area contributed by atoms with Gasteiger partial charge in [-0.05, 0) is 6.07 Å². The van der Waals surface area contributed by atoms with E-state index in [9.17, 15) is 44.1 Å². The smallest absolute Gasteiger partial charge is 0.387 e. The summed E-state index contributed by atoms with van der Waals surface area (Å²) in [5, 5.41) is 41.6. The van der Waals surface area contributed by atoms with Crippen LogP contribution in [0.2, 0.25) is 0 Å². The van der Waals surface area contributed by atoms with Crippen LogP contribution in [-0.2, 0) is 32.0 Å². The summed E-state index contributed by atoms with van der Waals surface area (Å²) >= 11 is 0. The van der Waals surface area contributed by atoms with Crippen LogP contribution < -0.4 is 16.0 Å². The van der Waals surface area contributed by atoms with Gasteiger partial charge in [0.15, 0.2) is 36.2 Å². The van der Waals surface area contributed by atoms with Gasteiger partial charge < -0.3 is 51.2 Å². The number of carbonyl (C=O) groups is 1. The van der Waals surface area contributed by atoms with Crippen molar-refractivity contribution in [3.8, 4) is 0 Å². The number of aliphatic hydroxyl groups is 4. The van der Waals surface area contributed by atoms with Crippen LogP contribution in [0, 0.1) is 0 Å². The number of rotatable bonds is 11. The first-order valence-electron chi connectivity index (χ1n) is 12.6. The quantitative estimate of drug-likeness (QED) is 0.0747. The molecule has 3 aromatic heterocycles. The second-order valence-electron chi connectivity index (χ2n) is 9.69. The number of ether oxygens (including phenoxy) is 2. The van der Waals surface area contributed by atoms with Crippen LogP contribution >= 0.6 is 15.6 Å². The van der Waals surface area contributed by atoms with Crippen LogP contribution in [0.25, 0.3) is 11.2 Å². The van der Waals surface area contributed by atoms with E-state index in [-0.39, 0.29) is 22.5 Å². The molecule has 2 aliphatic rings. The van der Waals surface area contributed by atoms with Gasteiger partial charge >= 0.3 is 15.6 Å². The molecule has 10 atom stereocenters. The maximum atomic E-state index is 12.4. The van der Waals surface area contributed by atoms with Crippen molar-refractivity contribution in [3.63, 3.8) is 0 Å². The number of amides is 1. The molecular weight excluding hydrogens is 636 g/mol. The monoisotopic (exact) mass is 664 g/mol. The Labute approximate surface area is 246 Å². The minimum atomic E-state index is -5.37. The number of nitrogens with two attached hydrogens (primary N) is 2. The van der Waals surface area contributed by atoms with Crippen LogP contribution in [0.1, 0.15) is 22.8 Å². The van der Waals surface area contributed by atoms with E-state index in [0.29, 0.717) is 0 Å². The second-order valence-corrected chi connectivity index (χ2v) is 12.7. The fraction of sp³-hybridized carbons (Fsp3) is 0.476. The molecule has 0 spiro atoms. The van der Waals surface area contributed by atoms with Crippen LogP contribution in [0.15, 0.2) is 37.2 Å². The lowest BCUT2D eigenvalue weighted by Gasteiger charge is -2.20. The lowest BCUT2D eigenvalue weighted by atomic mass is 10.1. The molecule has 0 bridgehead atoms. The zero-order chi connectivity index (χ0) is 32.0. The van der Waals surface area contributed by atoms with Crippen molar-refractivity contribution in [2.75, 3.05) is 18.9 Å². The zero-order valence-corrected chi connectivity index (χ0v) is 24.0. The van der Waals surface area contributed by atoms with Crippen molar-refractivity contribution < 1.29 is 71.5 Å². The third kappa shape index (κ3) is 6.65. The Morgan fingerprint density at radius 3 is 2.27 bits per heavy atom. The molecule has 2 fully saturated rings. The van der Waals surface area contributed by atoms with Crippen LogP contribution in [0.3, 0.4) is 0 Å². The second kappa shape index (κ2) is 12.4. The van der Waals surface area contributed by atoms with Crippen LogP contribution in [0.4, 0.5) is 5.82 Å². The molecule has 5 rings (SSSR count). The van der Waals surface area contributed by atoms with Gasteiger partial charge in [0, 0.05) is 6.07 Å². The highest BCUT2D eigenvalue weighted by atomic mass is 31.3. The van der Waals surface area contributed by atoms with Gasteiger partial charge in [-0.15, -0.1) is 0 Å². The number of carbonyl (C=O) groups excluding carboxylic acids is 1. The lowest BCUT2D eigenvalue weighted by molar-refractivity contribution is -0.765. The number of imidazole rings is 1. The first-order valence-corrected chi connectivity index (χ1v) is 15.6. The molecule has 0 saturated carbocycles. The van der Waals surface area contributed by atoms with E-state index in [0.717, 1.165) is 6.33 Å². The van der Waals surface area contributed by atoms with Gasteiger partial charge in [0.25, 0.3) is 12.1 Å².